The Morgan fingerprint density at radius 3 is 2.17 bits per heavy atom. The van der Waals surface area contributed by atoms with E-state index >= 15 is 0 Å². The Balaban J connectivity index is 1.16. The predicted octanol–water partition coefficient (Wildman–Crippen LogP) is 4.91. The zero-order valence-electron chi connectivity index (χ0n) is 21.5. The molecule has 3 fully saturated rings. The minimum atomic E-state index is -0.712. The summed E-state index contributed by atoms with van der Waals surface area (Å²) in [6.45, 7) is -0.551. The highest BCUT2D eigenvalue weighted by Crippen LogP contribution is 2.65. The van der Waals surface area contributed by atoms with Gasteiger partial charge < -0.3 is 4.74 Å². The van der Waals surface area contributed by atoms with Gasteiger partial charge in [-0.05, 0) is 77.9 Å². The summed E-state index contributed by atoms with van der Waals surface area (Å²) in [4.78, 5) is 67.6. The molecule has 0 spiro atoms. The number of benzene rings is 2. The highest BCUT2D eigenvalue weighted by atomic mass is 35.5. The number of nitrogens with zero attached hydrogens (tertiary/aromatic N) is 2. The fourth-order valence-electron chi connectivity index (χ4n) is 6.67. The number of halogens is 1. The van der Waals surface area contributed by atoms with Crippen LogP contribution in [0.4, 0.5) is 0 Å². The molecule has 6 atom stereocenters. The van der Waals surface area contributed by atoms with E-state index in [1.165, 1.54) is 47.7 Å². The Bertz CT molecular complexity index is 1600. The second-order valence-electron chi connectivity index (χ2n) is 10.8. The lowest BCUT2D eigenvalue weighted by Crippen LogP contribution is -2.52. The molecular weight excluding hydrogens is 564 g/mol. The van der Waals surface area contributed by atoms with Gasteiger partial charge in [0.05, 0.1) is 22.4 Å². The molecule has 0 unspecified atom stereocenters. The molecule has 4 aliphatic carbocycles. The highest BCUT2D eigenvalue weighted by Gasteiger charge is 2.68. The summed E-state index contributed by atoms with van der Waals surface area (Å²) in [6, 6.07) is 15.6. The van der Waals surface area contributed by atoms with Crippen LogP contribution in [0.1, 0.15) is 36.8 Å². The first-order chi connectivity index (χ1) is 19.8. The number of allylic oxidation sites excluding steroid dienone is 2. The number of carbonyl (C=O) groups is 5. The molecule has 206 valence electrons. The number of carbonyl (C=O) groups excluding carboxylic acids is 5. The topological polar surface area (TPSA) is 101 Å². The van der Waals surface area contributed by atoms with Crippen molar-refractivity contribution < 1.29 is 28.7 Å². The van der Waals surface area contributed by atoms with Crippen molar-refractivity contribution in [1.29, 1.82) is 0 Å². The largest absolute Gasteiger partial charge is 0.422 e. The molecule has 0 N–H and O–H groups in total. The van der Waals surface area contributed by atoms with Gasteiger partial charge in [-0.1, -0.05) is 42.0 Å². The Hall–Kier alpha value is -4.08. The van der Waals surface area contributed by atoms with Crippen LogP contribution >= 0.6 is 22.9 Å². The van der Waals surface area contributed by atoms with Crippen molar-refractivity contribution in [2.24, 2.45) is 35.5 Å². The van der Waals surface area contributed by atoms with Crippen molar-refractivity contribution in [2.45, 2.75) is 6.42 Å². The molecule has 1 aromatic heterocycles. The van der Waals surface area contributed by atoms with Crippen LogP contribution in [-0.4, -0.2) is 46.0 Å². The average Bonchev–Trinajstić information content (AvgIpc) is 3.54. The van der Waals surface area contributed by atoms with Crippen LogP contribution < -0.4 is 4.74 Å². The second kappa shape index (κ2) is 9.78. The van der Waals surface area contributed by atoms with Gasteiger partial charge >= 0.3 is 5.97 Å². The first-order valence-electron chi connectivity index (χ1n) is 13.3. The van der Waals surface area contributed by atoms with Crippen LogP contribution in [0.2, 0.25) is 5.02 Å². The molecule has 8 rings (SSSR count). The van der Waals surface area contributed by atoms with E-state index < -0.39 is 47.9 Å². The number of hydrogen-bond acceptors (Lipinski definition) is 7. The molecule has 0 radical (unpaired) electrons. The van der Waals surface area contributed by atoms with E-state index in [0.29, 0.717) is 16.7 Å². The number of ketones is 1. The summed E-state index contributed by atoms with van der Waals surface area (Å²) in [7, 11) is 0. The molecule has 8 nitrogen and oxygen atoms in total. The lowest BCUT2D eigenvalue weighted by Gasteiger charge is -2.37. The van der Waals surface area contributed by atoms with E-state index in [1.807, 2.05) is 12.2 Å². The van der Waals surface area contributed by atoms with Crippen LogP contribution in [0.15, 0.2) is 78.2 Å². The summed E-state index contributed by atoms with van der Waals surface area (Å²) in [5.74, 6) is -2.72. The van der Waals surface area contributed by atoms with Gasteiger partial charge in [0.25, 0.3) is 17.7 Å². The van der Waals surface area contributed by atoms with Crippen molar-refractivity contribution in [1.82, 2.24) is 10.0 Å². The van der Waals surface area contributed by atoms with Crippen molar-refractivity contribution in [3.8, 4) is 5.75 Å². The van der Waals surface area contributed by atoms with Crippen molar-refractivity contribution in [3.05, 3.63) is 99.2 Å². The first kappa shape index (κ1) is 25.9. The maximum Gasteiger partial charge on any atom is 0.353 e. The summed E-state index contributed by atoms with van der Waals surface area (Å²) < 4.78 is 5.36. The molecule has 1 aliphatic heterocycles. The third-order valence-electron chi connectivity index (χ3n) is 8.62. The first-order valence-corrected chi connectivity index (χ1v) is 14.6. The minimum Gasteiger partial charge on any atom is -0.422 e. The summed E-state index contributed by atoms with van der Waals surface area (Å²) >= 11 is 7.58. The van der Waals surface area contributed by atoms with E-state index in [4.69, 9.17) is 16.3 Å². The molecular formula is C31H23ClN2O6S. The van der Waals surface area contributed by atoms with Gasteiger partial charge in [0.2, 0.25) is 0 Å². The van der Waals surface area contributed by atoms with Gasteiger partial charge in [-0.25, -0.2) is 9.80 Å². The summed E-state index contributed by atoms with van der Waals surface area (Å²) in [5, 5.41) is 3.75. The lowest BCUT2D eigenvalue weighted by molar-refractivity contribution is -0.154. The zero-order valence-corrected chi connectivity index (χ0v) is 23.1. The van der Waals surface area contributed by atoms with E-state index in [1.54, 1.807) is 29.6 Å². The SMILES string of the molecule is O=C(CN(C(=O)c1ccccc1Cl)N1C(=O)[C@@H]2[C@H]3C=C[C@@H]([C@@H]4C[C@@H]34)[C@H]2C1=O)c1ccc(OC(=O)c2cccs2)cc1. The number of hydrazine groups is 1. The number of rotatable bonds is 7. The van der Waals surface area contributed by atoms with Crippen LogP contribution in [-0.2, 0) is 9.59 Å². The predicted molar refractivity (Wildman–Crippen MR) is 149 cm³/mol. The molecule has 3 aromatic rings. The van der Waals surface area contributed by atoms with Crippen molar-refractivity contribution in [3.63, 3.8) is 0 Å². The second-order valence-corrected chi connectivity index (χ2v) is 12.2. The number of thiophene rings is 1. The molecule has 3 amide bonds. The van der Waals surface area contributed by atoms with Gasteiger partial charge in [-0.2, -0.15) is 5.01 Å². The van der Waals surface area contributed by atoms with Crippen LogP contribution in [0.25, 0.3) is 0 Å². The molecule has 10 heteroatoms. The van der Waals surface area contributed by atoms with Gasteiger partial charge in [0, 0.05) is 5.56 Å². The number of amides is 3. The summed E-state index contributed by atoms with van der Waals surface area (Å²) in [6.07, 6.45) is 5.11. The van der Waals surface area contributed by atoms with Gasteiger partial charge in [0.1, 0.15) is 17.2 Å². The van der Waals surface area contributed by atoms with E-state index in [9.17, 15) is 24.0 Å². The monoisotopic (exact) mass is 586 g/mol. The van der Waals surface area contributed by atoms with Gasteiger partial charge in [-0.3, -0.25) is 19.2 Å². The van der Waals surface area contributed by atoms with Crippen molar-refractivity contribution in [2.75, 3.05) is 6.54 Å². The zero-order chi connectivity index (χ0) is 28.4. The Labute approximate surface area is 244 Å². The normalized spacial score (nSPS) is 26.9. The molecule has 2 bridgehead atoms. The Morgan fingerprint density at radius 2 is 1.56 bits per heavy atom. The summed E-state index contributed by atoms with van der Waals surface area (Å²) in [5.41, 5.74) is 0.301. The van der Waals surface area contributed by atoms with Gasteiger partial charge in [-0.15, -0.1) is 11.3 Å². The maximum absolute atomic E-state index is 13.8. The number of imide groups is 1. The average molecular weight is 587 g/mol. The maximum atomic E-state index is 13.8. The molecule has 41 heavy (non-hydrogen) atoms. The molecule has 2 aromatic carbocycles. The smallest absolute Gasteiger partial charge is 0.353 e. The van der Waals surface area contributed by atoms with Crippen molar-refractivity contribution >= 4 is 52.4 Å². The van der Waals surface area contributed by atoms with E-state index in [-0.39, 0.29) is 33.7 Å². The fourth-order valence-corrected chi connectivity index (χ4v) is 7.49. The van der Waals surface area contributed by atoms with Crippen LogP contribution in [0.5, 0.6) is 5.75 Å². The van der Waals surface area contributed by atoms with E-state index in [2.05, 4.69) is 0 Å². The number of ether oxygens (including phenoxy) is 1. The highest BCUT2D eigenvalue weighted by molar-refractivity contribution is 7.12. The third kappa shape index (κ3) is 4.22. The number of Topliss-reactive ketones (excluding diaryl/α,β-unsaturated/α-hetero) is 1. The quantitative estimate of drug-likeness (QED) is 0.128. The Kier molecular flexibility index (Phi) is 6.17. The fraction of sp³-hybridized carbons (Fsp3) is 0.258. The number of hydrogen-bond donors (Lipinski definition) is 0. The number of esters is 1. The molecule has 2 saturated carbocycles. The minimum absolute atomic E-state index is 0.0335. The molecule has 5 aliphatic rings. The standard InChI is InChI=1S/C31H23ClN2O6S/c32-23-5-2-1-4-20(23)28(36)33(34-29(37)26-18-11-12-19(22-14-21(18)22)27(26)30(34)38)15-24(35)16-7-9-17(10-8-16)40-31(39)25-6-3-13-41-25/h1-13,18-19,21-22,26-27H,14-15H2/t18-,19-,21-,22-,26+,27+/m0/s1. The lowest BCUT2D eigenvalue weighted by atomic mass is 9.63. The van der Waals surface area contributed by atoms with Crippen LogP contribution in [0, 0.1) is 35.5 Å². The van der Waals surface area contributed by atoms with Crippen LogP contribution in [0.3, 0.4) is 0 Å². The Morgan fingerprint density at radius 1 is 0.902 bits per heavy atom. The molecule has 2 heterocycles. The molecule has 1 saturated heterocycles. The van der Waals surface area contributed by atoms with E-state index in [0.717, 1.165) is 16.4 Å². The van der Waals surface area contributed by atoms with Gasteiger partial charge in [0.15, 0.2) is 5.78 Å². The third-order valence-corrected chi connectivity index (χ3v) is 9.80.